The van der Waals surface area contributed by atoms with Crippen molar-refractivity contribution in [3.8, 4) is 11.1 Å². The molecule has 1 atom stereocenters. The van der Waals surface area contributed by atoms with Crippen molar-refractivity contribution in [2.75, 3.05) is 6.61 Å². The lowest BCUT2D eigenvalue weighted by atomic mass is 9.89. The summed E-state index contributed by atoms with van der Waals surface area (Å²) >= 11 is 0. The maximum atomic E-state index is 12.6. The lowest BCUT2D eigenvalue weighted by Gasteiger charge is -2.22. The second-order valence-electron chi connectivity index (χ2n) is 8.71. The molecule has 1 fully saturated rings. The molecule has 3 aromatic rings. The standard InChI is InChI=1S/C27H25NO4/c29-25(30)24(16-27(14-15-27)18-8-2-1-3-9-18)28-26(31)32-17-23-21-12-6-4-10-19(21)20-11-5-7-13-22(20)23/h1-13,23-24H,14-17H2,(H,28,31)(H,29,30)/t24-/m0/s1. The molecule has 5 heteroatoms. The summed E-state index contributed by atoms with van der Waals surface area (Å²) in [5.74, 6) is -1.10. The number of carboxylic acids is 1. The number of ether oxygens (including phenoxy) is 1. The highest BCUT2D eigenvalue weighted by molar-refractivity contribution is 5.81. The minimum absolute atomic E-state index is 0.0597. The number of nitrogens with one attached hydrogen (secondary N) is 1. The van der Waals surface area contributed by atoms with Gasteiger partial charge in [-0.15, -0.1) is 0 Å². The van der Waals surface area contributed by atoms with Crippen LogP contribution in [0.4, 0.5) is 4.79 Å². The second-order valence-corrected chi connectivity index (χ2v) is 8.71. The summed E-state index contributed by atoms with van der Waals surface area (Å²) in [6, 6.07) is 25.2. The quantitative estimate of drug-likeness (QED) is 0.550. The lowest BCUT2D eigenvalue weighted by Crippen LogP contribution is -2.43. The van der Waals surface area contributed by atoms with E-state index in [2.05, 4.69) is 29.6 Å². The molecule has 32 heavy (non-hydrogen) atoms. The van der Waals surface area contributed by atoms with Crippen molar-refractivity contribution in [2.24, 2.45) is 0 Å². The van der Waals surface area contributed by atoms with Crippen LogP contribution in [-0.4, -0.2) is 29.8 Å². The number of carbonyl (C=O) groups is 2. The number of hydrogen-bond donors (Lipinski definition) is 2. The van der Waals surface area contributed by atoms with Crippen LogP contribution < -0.4 is 5.32 Å². The van der Waals surface area contributed by atoms with E-state index in [-0.39, 0.29) is 17.9 Å². The first-order valence-electron chi connectivity index (χ1n) is 11.0. The fourth-order valence-corrected chi connectivity index (χ4v) is 4.93. The molecule has 1 saturated carbocycles. The van der Waals surface area contributed by atoms with Crippen molar-refractivity contribution in [1.82, 2.24) is 5.32 Å². The Labute approximate surface area is 187 Å². The molecule has 0 saturated heterocycles. The molecule has 162 valence electrons. The summed E-state index contributed by atoms with van der Waals surface area (Å²) in [4.78, 5) is 24.5. The highest BCUT2D eigenvalue weighted by Gasteiger charge is 2.47. The van der Waals surface area contributed by atoms with Gasteiger partial charge in [0.2, 0.25) is 0 Å². The largest absolute Gasteiger partial charge is 0.480 e. The first kappa shape index (κ1) is 20.3. The molecule has 5 rings (SSSR count). The molecule has 0 heterocycles. The normalized spacial score (nSPS) is 16.5. The average Bonchev–Trinajstić information content (AvgIpc) is 3.54. The number of fused-ring (bicyclic) bond motifs is 3. The lowest BCUT2D eigenvalue weighted by molar-refractivity contribution is -0.139. The second kappa shape index (κ2) is 8.15. The number of aliphatic carboxylic acids is 1. The van der Waals surface area contributed by atoms with E-state index in [0.717, 1.165) is 40.7 Å². The topological polar surface area (TPSA) is 75.6 Å². The van der Waals surface area contributed by atoms with Crippen molar-refractivity contribution in [3.05, 3.63) is 95.6 Å². The van der Waals surface area contributed by atoms with Crippen LogP contribution in [0.15, 0.2) is 78.9 Å². The third kappa shape index (κ3) is 3.75. The van der Waals surface area contributed by atoms with Crippen molar-refractivity contribution < 1.29 is 19.4 Å². The van der Waals surface area contributed by atoms with Crippen LogP contribution in [0.2, 0.25) is 0 Å². The van der Waals surface area contributed by atoms with Gasteiger partial charge in [-0.2, -0.15) is 0 Å². The van der Waals surface area contributed by atoms with E-state index in [1.54, 1.807) is 0 Å². The zero-order valence-electron chi connectivity index (χ0n) is 17.7. The van der Waals surface area contributed by atoms with Gasteiger partial charge in [0.1, 0.15) is 12.6 Å². The van der Waals surface area contributed by atoms with Gasteiger partial charge in [0, 0.05) is 5.92 Å². The van der Waals surface area contributed by atoms with E-state index >= 15 is 0 Å². The summed E-state index contributed by atoms with van der Waals surface area (Å²) in [7, 11) is 0. The zero-order chi connectivity index (χ0) is 22.1. The summed E-state index contributed by atoms with van der Waals surface area (Å²) in [5, 5.41) is 12.3. The molecule has 0 aromatic heterocycles. The van der Waals surface area contributed by atoms with Crippen molar-refractivity contribution in [1.29, 1.82) is 0 Å². The van der Waals surface area contributed by atoms with Gasteiger partial charge in [-0.1, -0.05) is 78.9 Å². The van der Waals surface area contributed by atoms with Crippen LogP contribution in [0.3, 0.4) is 0 Å². The maximum absolute atomic E-state index is 12.6. The predicted octanol–water partition coefficient (Wildman–Crippen LogP) is 5.10. The molecule has 5 nitrogen and oxygen atoms in total. The van der Waals surface area contributed by atoms with Crippen molar-refractivity contribution >= 4 is 12.1 Å². The van der Waals surface area contributed by atoms with Gasteiger partial charge in [0.25, 0.3) is 0 Å². The average molecular weight is 428 g/mol. The van der Waals surface area contributed by atoms with E-state index in [9.17, 15) is 14.7 Å². The van der Waals surface area contributed by atoms with Crippen LogP contribution in [-0.2, 0) is 14.9 Å². The summed E-state index contributed by atoms with van der Waals surface area (Å²) in [6.45, 7) is 0.163. The Hall–Kier alpha value is -3.60. The molecule has 2 N–H and O–H groups in total. The molecule has 0 aliphatic heterocycles. The predicted molar refractivity (Wildman–Crippen MR) is 122 cm³/mol. The fraction of sp³-hybridized carbons (Fsp3) is 0.259. The first-order chi connectivity index (χ1) is 15.6. The monoisotopic (exact) mass is 427 g/mol. The van der Waals surface area contributed by atoms with E-state index in [4.69, 9.17) is 4.74 Å². The Morgan fingerprint density at radius 1 is 0.906 bits per heavy atom. The highest BCUT2D eigenvalue weighted by Crippen LogP contribution is 2.51. The fourth-order valence-electron chi connectivity index (χ4n) is 4.93. The molecular weight excluding hydrogens is 402 g/mol. The number of carbonyl (C=O) groups excluding carboxylic acids is 1. The third-order valence-corrected chi connectivity index (χ3v) is 6.77. The molecule has 0 unspecified atom stereocenters. The Morgan fingerprint density at radius 3 is 2.03 bits per heavy atom. The van der Waals surface area contributed by atoms with E-state index in [1.807, 2.05) is 54.6 Å². The Morgan fingerprint density at radius 2 is 1.47 bits per heavy atom. The van der Waals surface area contributed by atoms with Gasteiger partial charge in [0.05, 0.1) is 0 Å². The molecule has 0 spiro atoms. The number of alkyl carbamates (subject to hydrolysis) is 1. The van der Waals surface area contributed by atoms with E-state index in [0.29, 0.717) is 6.42 Å². The van der Waals surface area contributed by atoms with Gasteiger partial charge < -0.3 is 15.2 Å². The van der Waals surface area contributed by atoms with Crippen molar-refractivity contribution in [3.63, 3.8) is 0 Å². The van der Waals surface area contributed by atoms with Crippen LogP contribution in [0.1, 0.15) is 41.9 Å². The van der Waals surface area contributed by atoms with Crippen LogP contribution in [0.25, 0.3) is 11.1 Å². The van der Waals surface area contributed by atoms with Gasteiger partial charge >= 0.3 is 12.1 Å². The molecule has 1 amide bonds. The van der Waals surface area contributed by atoms with Gasteiger partial charge in [-0.05, 0) is 52.5 Å². The van der Waals surface area contributed by atoms with E-state index in [1.165, 1.54) is 0 Å². The molecule has 2 aliphatic carbocycles. The number of benzene rings is 3. The summed E-state index contributed by atoms with van der Waals surface area (Å²) < 4.78 is 5.55. The Kier molecular flexibility index (Phi) is 5.17. The van der Waals surface area contributed by atoms with Crippen LogP contribution in [0.5, 0.6) is 0 Å². The Balaban J connectivity index is 1.26. The van der Waals surface area contributed by atoms with Crippen LogP contribution in [0, 0.1) is 0 Å². The first-order valence-corrected chi connectivity index (χ1v) is 11.0. The Bertz CT molecular complexity index is 1110. The molecule has 0 radical (unpaired) electrons. The van der Waals surface area contributed by atoms with E-state index < -0.39 is 18.1 Å². The third-order valence-electron chi connectivity index (χ3n) is 6.77. The highest BCUT2D eigenvalue weighted by atomic mass is 16.5. The molecule has 2 aliphatic rings. The number of rotatable bonds is 7. The smallest absolute Gasteiger partial charge is 0.407 e. The number of carboxylic acid groups (broad SMARTS) is 1. The molecule has 3 aromatic carbocycles. The number of hydrogen-bond acceptors (Lipinski definition) is 3. The SMILES string of the molecule is O=C(N[C@@H](CC1(c2ccccc2)CC1)C(=O)O)OCC1c2ccccc2-c2ccccc21. The minimum Gasteiger partial charge on any atom is -0.480 e. The summed E-state index contributed by atoms with van der Waals surface area (Å²) in [5.41, 5.74) is 5.49. The summed E-state index contributed by atoms with van der Waals surface area (Å²) in [6.07, 6.45) is 1.51. The number of amides is 1. The maximum Gasteiger partial charge on any atom is 0.407 e. The van der Waals surface area contributed by atoms with Gasteiger partial charge in [0.15, 0.2) is 0 Å². The zero-order valence-corrected chi connectivity index (χ0v) is 17.7. The van der Waals surface area contributed by atoms with Crippen molar-refractivity contribution in [2.45, 2.75) is 36.6 Å². The van der Waals surface area contributed by atoms with Gasteiger partial charge in [-0.25, -0.2) is 9.59 Å². The molecule has 0 bridgehead atoms. The molecular formula is C27H25NO4. The van der Waals surface area contributed by atoms with Gasteiger partial charge in [-0.3, -0.25) is 0 Å². The minimum atomic E-state index is -1.04. The van der Waals surface area contributed by atoms with Crippen LogP contribution >= 0.6 is 0 Å².